The topological polar surface area (TPSA) is 55.8 Å². The Kier molecular flexibility index (Phi) is 6.08. The molecule has 0 saturated carbocycles. The molecular formula is C12H13F2IO4. The van der Waals surface area contributed by atoms with Gasteiger partial charge in [0.25, 0.3) is 5.92 Å². The van der Waals surface area contributed by atoms with Crippen LogP contribution in [0.2, 0.25) is 0 Å². The van der Waals surface area contributed by atoms with Crippen molar-refractivity contribution in [3.05, 3.63) is 35.9 Å². The van der Waals surface area contributed by atoms with Crippen molar-refractivity contribution >= 4 is 29.0 Å². The van der Waals surface area contributed by atoms with Gasteiger partial charge in [0.05, 0.1) is 12.2 Å². The van der Waals surface area contributed by atoms with Crippen molar-refractivity contribution in [1.29, 1.82) is 0 Å². The highest BCUT2D eigenvalue weighted by Gasteiger charge is 2.44. The zero-order valence-corrected chi connectivity index (χ0v) is 12.2. The van der Waals surface area contributed by atoms with Crippen molar-refractivity contribution in [3.8, 4) is 0 Å². The number of hydrogen-bond donors (Lipinski definition) is 1. The van der Waals surface area contributed by atoms with Gasteiger partial charge in [-0.25, -0.2) is 13.6 Å². The largest absolute Gasteiger partial charge is 0.449 e. The Morgan fingerprint density at radius 2 is 2.00 bits per heavy atom. The van der Waals surface area contributed by atoms with Crippen molar-refractivity contribution < 1.29 is 26.5 Å². The molecule has 106 valence electrons. The second-order valence-corrected chi connectivity index (χ2v) is 4.47. The quantitative estimate of drug-likeness (QED) is 0.604. The summed E-state index contributed by atoms with van der Waals surface area (Å²) >= 11 is 1.38. The maximum atomic E-state index is 13.4. The molecule has 0 bridgehead atoms. The van der Waals surface area contributed by atoms with Crippen LogP contribution in [0.3, 0.4) is 0 Å². The number of alkyl halides is 2. The van der Waals surface area contributed by atoms with Crippen LogP contribution in [0.25, 0.3) is 0 Å². The molecule has 19 heavy (non-hydrogen) atoms. The first-order chi connectivity index (χ1) is 8.90. The van der Waals surface area contributed by atoms with E-state index in [9.17, 15) is 13.6 Å². The molecule has 0 radical (unpaired) electrons. The van der Waals surface area contributed by atoms with E-state index >= 15 is 0 Å². The molecule has 0 aromatic heterocycles. The monoisotopic (exact) mass is 386 g/mol. The normalized spacial score (nSPS) is 14.8. The summed E-state index contributed by atoms with van der Waals surface area (Å²) in [6.45, 7) is -0.0760. The van der Waals surface area contributed by atoms with Crippen molar-refractivity contribution in [1.82, 2.24) is 0 Å². The summed E-state index contributed by atoms with van der Waals surface area (Å²) < 4.78 is 36.3. The first-order valence-electron chi connectivity index (χ1n) is 5.42. The van der Waals surface area contributed by atoms with E-state index in [-0.39, 0.29) is 5.56 Å². The number of ether oxygens (including phenoxy) is 1. The minimum atomic E-state index is -3.33. The summed E-state index contributed by atoms with van der Waals surface area (Å²) in [5, 5.41) is 8.99. The molecular weight excluding hydrogens is 373 g/mol. The molecule has 7 heteroatoms. The molecule has 1 unspecified atom stereocenters. The maximum Gasteiger partial charge on any atom is 0.338 e. The van der Waals surface area contributed by atoms with Crippen LogP contribution in [0.4, 0.5) is 8.78 Å². The lowest BCUT2D eigenvalue weighted by molar-refractivity contribution is -0.139. The summed E-state index contributed by atoms with van der Waals surface area (Å²) in [7, 11) is 0. The molecule has 0 fully saturated rings. The van der Waals surface area contributed by atoms with Crippen LogP contribution >= 0.6 is 23.0 Å². The fourth-order valence-electron chi connectivity index (χ4n) is 1.43. The van der Waals surface area contributed by atoms with Crippen LogP contribution in [0.1, 0.15) is 17.3 Å². The van der Waals surface area contributed by atoms with E-state index in [0.29, 0.717) is 6.92 Å². The first-order valence-corrected chi connectivity index (χ1v) is 6.30. The van der Waals surface area contributed by atoms with Crippen LogP contribution in [-0.2, 0) is 7.80 Å². The number of aliphatic hydroxyl groups excluding tert-OH is 1. The summed E-state index contributed by atoms with van der Waals surface area (Å²) in [6.07, 6.45) is -3.16. The fourth-order valence-corrected chi connectivity index (χ4v) is 1.86. The molecule has 0 heterocycles. The molecule has 0 amide bonds. The van der Waals surface area contributed by atoms with Crippen molar-refractivity contribution in [3.63, 3.8) is 0 Å². The second-order valence-electron chi connectivity index (χ2n) is 3.96. The van der Waals surface area contributed by atoms with Gasteiger partial charge in [-0.15, -0.1) is 0 Å². The standard InChI is InChI=1S/C12H13F2IO4/c1-12(13,14)10(9(7-16)19-15)18-11(17)8-5-3-2-4-6-8/h2-6,9-10,16H,7H2,1H3/t9-,10?/m1/s1. The Morgan fingerprint density at radius 1 is 1.42 bits per heavy atom. The Balaban J connectivity index is 2.87. The second kappa shape index (κ2) is 7.11. The lowest BCUT2D eigenvalue weighted by atomic mass is 10.1. The number of carbonyl (C=O) groups is 1. The first kappa shape index (κ1) is 16.3. The molecule has 1 aromatic carbocycles. The molecule has 0 aliphatic heterocycles. The smallest absolute Gasteiger partial charge is 0.338 e. The predicted octanol–water partition coefficient (Wildman–Crippen LogP) is 2.59. The van der Waals surface area contributed by atoms with Gasteiger partial charge in [-0.3, -0.25) is 0 Å². The highest BCUT2D eigenvalue weighted by Crippen LogP contribution is 2.26. The Labute approximate surface area is 123 Å². The lowest BCUT2D eigenvalue weighted by Crippen LogP contribution is -2.46. The van der Waals surface area contributed by atoms with Gasteiger partial charge in [0.15, 0.2) is 6.10 Å². The van der Waals surface area contributed by atoms with Crippen LogP contribution in [0.5, 0.6) is 0 Å². The molecule has 0 spiro atoms. The average Bonchev–Trinajstić information content (AvgIpc) is 2.38. The molecule has 0 aliphatic rings. The maximum absolute atomic E-state index is 13.4. The van der Waals surface area contributed by atoms with Crippen molar-refractivity contribution in [2.45, 2.75) is 25.1 Å². The van der Waals surface area contributed by atoms with E-state index in [1.54, 1.807) is 18.2 Å². The van der Waals surface area contributed by atoms with E-state index in [2.05, 4.69) is 3.07 Å². The average molecular weight is 386 g/mol. The minimum absolute atomic E-state index is 0.155. The van der Waals surface area contributed by atoms with E-state index in [4.69, 9.17) is 9.84 Å². The van der Waals surface area contributed by atoms with Gasteiger partial charge in [-0.2, -0.15) is 0 Å². The van der Waals surface area contributed by atoms with Crippen LogP contribution in [-0.4, -0.2) is 35.8 Å². The predicted molar refractivity (Wildman–Crippen MR) is 72.2 cm³/mol. The lowest BCUT2D eigenvalue weighted by Gasteiger charge is -2.28. The van der Waals surface area contributed by atoms with Gasteiger partial charge in [-0.1, -0.05) is 18.2 Å². The number of carbonyl (C=O) groups excluding carboxylic acids is 1. The molecule has 1 aromatic rings. The number of halogens is 3. The highest BCUT2D eigenvalue weighted by molar-refractivity contribution is 14.1. The summed E-state index contributed by atoms with van der Waals surface area (Å²) in [5.41, 5.74) is 0.155. The van der Waals surface area contributed by atoms with Crippen LogP contribution < -0.4 is 0 Å². The molecule has 1 N–H and O–H groups in total. The Morgan fingerprint density at radius 3 is 2.42 bits per heavy atom. The minimum Gasteiger partial charge on any atom is -0.449 e. The Bertz CT molecular complexity index is 404. The SMILES string of the molecule is CC(F)(F)C(OC(=O)c1ccccc1)[C@@H](CO)OI. The van der Waals surface area contributed by atoms with Crippen molar-refractivity contribution in [2.75, 3.05) is 6.61 Å². The third-order valence-electron chi connectivity index (χ3n) is 2.38. The number of esters is 1. The number of benzene rings is 1. The summed E-state index contributed by atoms with van der Waals surface area (Å²) in [4.78, 5) is 11.7. The van der Waals surface area contributed by atoms with Crippen LogP contribution in [0, 0.1) is 0 Å². The highest BCUT2D eigenvalue weighted by atomic mass is 127. The van der Waals surface area contributed by atoms with Gasteiger partial charge >= 0.3 is 5.97 Å². The van der Waals surface area contributed by atoms with E-state index in [1.165, 1.54) is 35.1 Å². The zero-order valence-electron chi connectivity index (χ0n) is 10.1. The van der Waals surface area contributed by atoms with Gasteiger partial charge in [-0.05, 0) is 12.1 Å². The fraction of sp³-hybridized carbons (Fsp3) is 0.417. The van der Waals surface area contributed by atoms with Crippen LogP contribution in [0.15, 0.2) is 30.3 Å². The molecule has 0 aliphatic carbocycles. The third kappa shape index (κ3) is 4.66. The number of rotatable bonds is 6. The van der Waals surface area contributed by atoms with E-state index in [0.717, 1.165) is 0 Å². The summed E-state index contributed by atoms with van der Waals surface area (Å²) in [5.74, 6) is -4.22. The molecule has 0 saturated heterocycles. The molecule has 4 nitrogen and oxygen atoms in total. The molecule has 1 rings (SSSR count). The number of aliphatic hydroxyl groups is 1. The third-order valence-corrected chi connectivity index (χ3v) is 3.03. The number of hydrogen-bond acceptors (Lipinski definition) is 4. The van der Waals surface area contributed by atoms with E-state index < -0.39 is 30.7 Å². The van der Waals surface area contributed by atoms with Gasteiger partial charge in [0, 0.05) is 6.92 Å². The van der Waals surface area contributed by atoms with Gasteiger partial charge < -0.3 is 12.9 Å². The van der Waals surface area contributed by atoms with Crippen molar-refractivity contribution in [2.24, 2.45) is 0 Å². The van der Waals surface area contributed by atoms with Gasteiger partial charge in [0.1, 0.15) is 29.1 Å². The molecule has 2 atom stereocenters. The van der Waals surface area contributed by atoms with E-state index in [1.807, 2.05) is 0 Å². The Hall–Kier alpha value is -0.800. The zero-order chi connectivity index (χ0) is 14.5. The summed E-state index contributed by atoms with van der Waals surface area (Å²) in [6, 6.07) is 7.77. The van der Waals surface area contributed by atoms with Gasteiger partial charge in [0.2, 0.25) is 0 Å².